The van der Waals surface area contributed by atoms with Crippen LogP contribution < -0.4 is 11.1 Å². The van der Waals surface area contributed by atoms with E-state index in [1.165, 1.54) is 0 Å². The van der Waals surface area contributed by atoms with Crippen LogP contribution in [0.3, 0.4) is 0 Å². The van der Waals surface area contributed by atoms with Crippen molar-refractivity contribution in [3.8, 4) is 0 Å². The number of carbonyl (C=O) groups excluding carboxylic acids is 1. The van der Waals surface area contributed by atoms with Crippen molar-refractivity contribution in [2.45, 2.75) is 5.37 Å². The van der Waals surface area contributed by atoms with E-state index in [4.69, 9.17) is 5.73 Å². The Hall–Kier alpha value is -0.970. The van der Waals surface area contributed by atoms with Gasteiger partial charge in [0.15, 0.2) is 0 Å². The minimum absolute atomic E-state index is 0.0694. The van der Waals surface area contributed by atoms with Crippen molar-refractivity contribution in [2.75, 3.05) is 0 Å². The zero-order valence-electron chi connectivity index (χ0n) is 5.65. The number of hydrogen-bond donors (Lipinski definition) is 2. The van der Waals surface area contributed by atoms with E-state index >= 15 is 0 Å². The Morgan fingerprint density at radius 2 is 2.55 bits per heavy atom. The molecule has 0 spiro atoms. The third-order valence-corrected chi connectivity index (χ3v) is 2.69. The molecule has 2 aliphatic rings. The topological polar surface area (TPSA) is 67.5 Å². The lowest BCUT2D eigenvalue weighted by Crippen LogP contribution is -2.45. The lowest BCUT2D eigenvalue weighted by Gasteiger charge is -2.22. The maximum absolute atomic E-state index is 10.8. The van der Waals surface area contributed by atoms with Crippen LogP contribution in [-0.4, -0.2) is 17.2 Å². The molecule has 0 bridgehead atoms. The van der Waals surface area contributed by atoms with E-state index in [-0.39, 0.29) is 17.3 Å². The number of rotatable bonds is 0. The van der Waals surface area contributed by atoms with Crippen LogP contribution in [0.2, 0.25) is 0 Å². The van der Waals surface area contributed by atoms with E-state index in [0.717, 1.165) is 0 Å². The Kier molecular flexibility index (Phi) is 1.38. The molecule has 2 rings (SSSR count). The average Bonchev–Trinajstić information content (AvgIpc) is 2.34. The summed E-state index contributed by atoms with van der Waals surface area (Å²) in [6.45, 7) is 0. The van der Waals surface area contributed by atoms with Gasteiger partial charge in [0.05, 0.1) is 11.3 Å². The molecule has 58 valence electrons. The number of urea groups is 1. The molecule has 0 fully saturated rings. The molecule has 2 unspecified atom stereocenters. The van der Waals surface area contributed by atoms with Crippen molar-refractivity contribution < 1.29 is 4.79 Å². The fourth-order valence-corrected chi connectivity index (χ4v) is 2.12. The van der Waals surface area contributed by atoms with E-state index in [9.17, 15) is 4.79 Å². The number of thioether (sulfide) groups is 1. The fourth-order valence-electron chi connectivity index (χ4n) is 1.12. The van der Waals surface area contributed by atoms with Crippen LogP contribution in [0.15, 0.2) is 16.5 Å². The maximum Gasteiger partial charge on any atom is 0.343 e. The first-order chi connectivity index (χ1) is 5.27. The highest BCUT2D eigenvalue weighted by molar-refractivity contribution is 8.03. The molecule has 5 heteroatoms. The Morgan fingerprint density at radius 1 is 1.73 bits per heavy atom. The first-order valence-electron chi connectivity index (χ1n) is 3.24. The Morgan fingerprint density at radius 3 is 3.36 bits per heavy atom. The van der Waals surface area contributed by atoms with E-state index in [1.54, 1.807) is 11.8 Å². The van der Waals surface area contributed by atoms with Gasteiger partial charge in [0.2, 0.25) is 0 Å². The third kappa shape index (κ3) is 1.01. The van der Waals surface area contributed by atoms with Crippen LogP contribution in [0.1, 0.15) is 0 Å². The number of amides is 2. The van der Waals surface area contributed by atoms with Crippen LogP contribution in [0.4, 0.5) is 4.79 Å². The molecule has 0 aromatic carbocycles. The molecule has 4 nitrogen and oxygen atoms in total. The quantitative estimate of drug-likeness (QED) is 0.547. The maximum atomic E-state index is 10.8. The summed E-state index contributed by atoms with van der Waals surface area (Å²) in [5.74, 6) is 0.512. The summed E-state index contributed by atoms with van der Waals surface area (Å²) in [6.07, 6.45) is 1.95. The highest BCUT2D eigenvalue weighted by atomic mass is 32.2. The average molecular weight is 169 g/mol. The standard InChI is InChI=1S/C6H7N3OS/c7-4-3-1-2-11-5(3)9-6(10)8-4/h1-3,5H,(H3,7,8,9,10). The summed E-state index contributed by atoms with van der Waals surface area (Å²) in [5, 5.41) is 4.71. The van der Waals surface area contributed by atoms with E-state index in [1.807, 2.05) is 11.5 Å². The van der Waals surface area contributed by atoms with Crippen LogP contribution >= 0.6 is 11.8 Å². The molecular weight excluding hydrogens is 162 g/mol. The molecule has 0 saturated carbocycles. The molecule has 0 aliphatic carbocycles. The van der Waals surface area contributed by atoms with Crippen LogP contribution in [0.5, 0.6) is 0 Å². The van der Waals surface area contributed by atoms with Gasteiger partial charge < -0.3 is 11.1 Å². The molecule has 3 N–H and O–H groups in total. The molecule has 0 saturated heterocycles. The van der Waals surface area contributed by atoms with Crippen molar-refractivity contribution in [1.82, 2.24) is 5.32 Å². The summed E-state index contributed by atoms with van der Waals surface area (Å²) < 4.78 is 0. The van der Waals surface area contributed by atoms with Gasteiger partial charge in [-0.25, -0.2) is 4.79 Å². The van der Waals surface area contributed by atoms with Crippen molar-refractivity contribution in [3.63, 3.8) is 0 Å². The second-order valence-corrected chi connectivity index (χ2v) is 3.45. The van der Waals surface area contributed by atoms with E-state index in [2.05, 4.69) is 10.3 Å². The predicted octanol–water partition coefficient (Wildman–Crippen LogP) is 0.270. The predicted molar refractivity (Wildman–Crippen MR) is 44.2 cm³/mol. The number of carbonyl (C=O) groups is 1. The largest absolute Gasteiger partial charge is 0.386 e. The molecule has 0 aromatic rings. The molecular formula is C6H7N3OS. The number of nitrogens with one attached hydrogen (secondary N) is 1. The van der Waals surface area contributed by atoms with E-state index < -0.39 is 0 Å². The highest BCUT2D eigenvalue weighted by Crippen LogP contribution is 2.29. The van der Waals surface area contributed by atoms with Crippen LogP contribution in [-0.2, 0) is 0 Å². The molecule has 2 amide bonds. The molecule has 2 heterocycles. The second kappa shape index (κ2) is 2.27. The number of amidine groups is 1. The lowest BCUT2D eigenvalue weighted by molar-refractivity contribution is 0.246. The van der Waals surface area contributed by atoms with Crippen molar-refractivity contribution in [2.24, 2.45) is 16.6 Å². The summed E-state index contributed by atoms with van der Waals surface area (Å²) >= 11 is 1.56. The van der Waals surface area contributed by atoms with Gasteiger partial charge in [-0.05, 0) is 5.41 Å². The van der Waals surface area contributed by atoms with Crippen LogP contribution in [0, 0.1) is 5.92 Å². The van der Waals surface area contributed by atoms with Gasteiger partial charge in [-0.1, -0.05) is 6.08 Å². The normalized spacial score (nSPS) is 34.5. The van der Waals surface area contributed by atoms with Crippen LogP contribution in [0.25, 0.3) is 0 Å². The van der Waals surface area contributed by atoms with Gasteiger partial charge in [0.1, 0.15) is 5.84 Å². The lowest BCUT2D eigenvalue weighted by atomic mass is 10.1. The summed E-state index contributed by atoms with van der Waals surface area (Å²) in [6, 6.07) is -0.333. The first-order valence-corrected chi connectivity index (χ1v) is 4.18. The van der Waals surface area contributed by atoms with Crippen molar-refractivity contribution >= 4 is 23.6 Å². The highest BCUT2D eigenvalue weighted by Gasteiger charge is 2.31. The monoisotopic (exact) mass is 169 g/mol. The minimum atomic E-state index is -0.333. The van der Waals surface area contributed by atoms with Gasteiger partial charge in [-0.3, -0.25) is 0 Å². The third-order valence-electron chi connectivity index (χ3n) is 1.68. The van der Waals surface area contributed by atoms with Gasteiger partial charge in [-0.15, -0.1) is 11.8 Å². The van der Waals surface area contributed by atoms with Gasteiger partial charge >= 0.3 is 6.03 Å². The molecule has 0 radical (unpaired) electrons. The van der Waals surface area contributed by atoms with Crippen molar-refractivity contribution in [3.05, 3.63) is 11.5 Å². The van der Waals surface area contributed by atoms with Gasteiger partial charge in [0.25, 0.3) is 0 Å². The molecule has 2 atom stereocenters. The number of nitrogens with two attached hydrogens (primary N) is 1. The number of aliphatic imine (C=N–C) groups is 1. The molecule has 11 heavy (non-hydrogen) atoms. The molecule has 2 aliphatic heterocycles. The Balaban J connectivity index is 2.30. The van der Waals surface area contributed by atoms with Gasteiger partial charge in [0, 0.05) is 0 Å². The fraction of sp³-hybridized carbons (Fsp3) is 0.333. The number of fused-ring (bicyclic) bond motifs is 1. The number of hydrogen-bond acceptors (Lipinski definition) is 3. The SMILES string of the molecule is NC1=NC(=O)NC2SC=CC12. The minimum Gasteiger partial charge on any atom is -0.386 e. The van der Waals surface area contributed by atoms with Gasteiger partial charge in [-0.2, -0.15) is 4.99 Å². The zero-order chi connectivity index (χ0) is 7.84. The summed E-state index contributed by atoms with van der Waals surface area (Å²) in [5.41, 5.74) is 5.53. The number of nitrogens with zero attached hydrogens (tertiary/aromatic N) is 1. The smallest absolute Gasteiger partial charge is 0.343 e. The second-order valence-electron chi connectivity index (χ2n) is 2.40. The summed E-state index contributed by atoms with van der Waals surface area (Å²) in [7, 11) is 0. The van der Waals surface area contributed by atoms with Crippen molar-refractivity contribution in [1.29, 1.82) is 0 Å². The Labute approximate surface area is 67.9 Å². The van der Waals surface area contributed by atoms with E-state index in [0.29, 0.717) is 5.84 Å². The zero-order valence-corrected chi connectivity index (χ0v) is 6.47. The Bertz CT molecular complexity index is 261. The summed E-state index contributed by atoms with van der Waals surface area (Å²) in [4.78, 5) is 14.4. The first kappa shape index (κ1) is 6.72. The molecule has 0 aromatic heterocycles.